The van der Waals surface area contributed by atoms with Gasteiger partial charge >= 0.3 is 0 Å². The van der Waals surface area contributed by atoms with Crippen LogP contribution in [0.2, 0.25) is 0 Å². The van der Waals surface area contributed by atoms with Gasteiger partial charge in [0, 0.05) is 20.6 Å². The molecule has 3 rings (SSSR count). The molecule has 3 atom stereocenters. The molecule has 0 bridgehead atoms. The Morgan fingerprint density at radius 2 is 2.53 bits per heavy atom. The fourth-order valence-corrected chi connectivity index (χ4v) is 4.01. The van der Waals surface area contributed by atoms with E-state index in [2.05, 4.69) is 39.8 Å². The van der Waals surface area contributed by atoms with Crippen LogP contribution in [0.25, 0.3) is 0 Å². The van der Waals surface area contributed by atoms with Crippen molar-refractivity contribution in [3.63, 3.8) is 0 Å². The molecule has 1 aromatic heterocycles. The van der Waals surface area contributed by atoms with Gasteiger partial charge in [0.1, 0.15) is 5.54 Å². The van der Waals surface area contributed by atoms with Gasteiger partial charge in [0.2, 0.25) is 0 Å². The molecule has 0 spiro atoms. The summed E-state index contributed by atoms with van der Waals surface area (Å²) in [4.78, 5) is 6.70. The van der Waals surface area contributed by atoms with Crippen LogP contribution >= 0.6 is 27.3 Å². The van der Waals surface area contributed by atoms with Crippen LogP contribution in [-0.4, -0.2) is 19.3 Å². The average molecular weight is 290 g/mol. The third-order valence-corrected chi connectivity index (χ3v) is 5.17. The minimum absolute atomic E-state index is 0.115. The van der Waals surface area contributed by atoms with E-state index in [1.54, 1.807) is 11.3 Å². The standard InChI is InChI=1S/C10H12BrNO2S/c1-6-8-3-14-12-10(8,5-13-6)9-2-7(11)4-15-9/h2,4,6,8,12H,3,5H2,1H3. The van der Waals surface area contributed by atoms with Gasteiger partial charge in [-0.25, -0.2) is 0 Å². The predicted octanol–water partition coefficient (Wildman–Crippen LogP) is 2.28. The van der Waals surface area contributed by atoms with Crippen molar-refractivity contribution in [2.24, 2.45) is 5.92 Å². The molecule has 5 heteroatoms. The first-order valence-electron chi connectivity index (χ1n) is 4.97. The largest absolute Gasteiger partial charge is 0.376 e. The minimum atomic E-state index is -0.115. The summed E-state index contributed by atoms with van der Waals surface area (Å²) in [5.41, 5.74) is 3.04. The lowest BCUT2D eigenvalue weighted by Crippen LogP contribution is -2.41. The van der Waals surface area contributed by atoms with Crippen molar-refractivity contribution in [3.8, 4) is 0 Å². The second-order valence-electron chi connectivity index (χ2n) is 4.14. The summed E-state index contributed by atoms with van der Waals surface area (Å²) in [5.74, 6) is 0.419. The predicted molar refractivity (Wildman–Crippen MR) is 61.7 cm³/mol. The maximum absolute atomic E-state index is 5.74. The number of hydrogen-bond donors (Lipinski definition) is 1. The number of nitrogens with one attached hydrogen (secondary N) is 1. The SMILES string of the molecule is CC1OCC2(c3cc(Br)cs3)NOCC12. The van der Waals surface area contributed by atoms with Crippen molar-refractivity contribution in [1.29, 1.82) is 0 Å². The van der Waals surface area contributed by atoms with Gasteiger partial charge in [-0.1, -0.05) is 0 Å². The first kappa shape index (κ1) is 10.2. The van der Waals surface area contributed by atoms with Crippen molar-refractivity contribution in [2.75, 3.05) is 13.2 Å². The van der Waals surface area contributed by atoms with Crippen LogP contribution in [0.5, 0.6) is 0 Å². The molecule has 3 nitrogen and oxygen atoms in total. The molecule has 0 amide bonds. The van der Waals surface area contributed by atoms with E-state index in [1.807, 2.05) is 0 Å². The molecule has 15 heavy (non-hydrogen) atoms. The minimum Gasteiger partial charge on any atom is -0.376 e. The van der Waals surface area contributed by atoms with Gasteiger partial charge in [0.15, 0.2) is 0 Å². The van der Waals surface area contributed by atoms with Crippen LogP contribution in [0, 0.1) is 5.92 Å². The Morgan fingerprint density at radius 1 is 1.67 bits per heavy atom. The molecule has 0 aromatic carbocycles. The highest BCUT2D eigenvalue weighted by molar-refractivity contribution is 9.10. The molecule has 3 heterocycles. The van der Waals surface area contributed by atoms with Gasteiger partial charge in [-0.15, -0.1) is 11.3 Å². The van der Waals surface area contributed by atoms with E-state index in [9.17, 15) is 0 Å². The second-order valence-corrected chi connectivity index (χ2v) is 5.96. The third-order valence-electron chi connectivity index (χ3n) is 3.30. The maximum atomic E-state index is 5.74. The number of halogens is 1. The zero-order valence-electron chi connectivity index (χ0n) is 8.33. The fraction of sp³-hybridized carbons (Fsp3) is 0.600. The Bertz CT molecular complexity index is 383. The van der Waals surface area contributed by atoms with Crippen molar-refractivity contribution in [1.82, 2.24) is 5.48 Å². The van der Waals surface area contributed by atoms with Gasteiger partial charge in [0.25, 0.3) is 0 Å². The summed E-state index contributed by atoms with van der Waals surface area (Å²) >= 11 is 5.24. The highest BCUT2D eigenvalue weighted by Crippen LogP contribution is 2.45. The normalized spacial score (nSPS) is 39.6. The van der Waals surface area contributed by atoms with Crippen LogP contribution in [0.15, 0.2) is 15.9 Å². The lowest BCUT2D eigenvalue weighted by atomic mass is 9.85. The van der Waals surface area contributed by atoms with Crippen molar-refractivity contribution in [3.05, 3.63) is 20.8 Å². The zero-order valence-corrected chi connectivity index (χ0v) is 10.7. The molecule has 2 saturated heterocycles. The number of hydroxylamine groups is 1. The molecule has 82 valence electrons. The highest BCUT2D eigenvalue weighted by atomic mass is 79.9. The van der Waals surface area contributed by atoms with E-state index in [-0.39, 0.29) is 11.6 Å². The molecule has 1 aromatic rings. The van der Waals surface area contributed by atoms with Crippen molar-refractivity contribution < 1.29 is 9.57 Å². The van der Waals surface area contributed by atoms with Gasteiger partial charge in [-0.3, -0.25) is 0 Å². The summed E-state index contributed by atoms with van der Waals surface area (Å²) in [6, 6.07) is 2.15. The van der Waals surface area contributed by atoms with Crippen LogP contribution in [0.4, 0.5) is 0 Å². The van der Waals surface area contributed by atoms with Crippen LogP contribution in [0.1, 0.15) is 11.8 Å². The van der Waals surface area contributed by atoms with Crippen molar-refractivity contribution >= 4 is 27.3 Å². The van der Waals surface area contributed by atoms with Gasteiger partial charge < -0.3 is 9.57 Å². The molecule has 2 fully saturated rings. The number of rotatable bonds is 1. The number of ether oxygens (including phenoxy) is 1. The smallest absolute Gasteiger partial charge is 0.108 e. The zero-order chi connectivity index (χ0) is 10.5. The first-order chi connectivity index (χ1) is 7.22. The molecular formula is C10H12BrNO2S. The number of fused-ring (bicyclic) bond motifs is 1. The molecule has 2 aliphatic heterocycles. The van der Waals surface area contributed by atoms with Crippen LogP contribution in [-0.2, 0) is 15.1 Å². The number of hydrogen-bond acceptors (Lipinski definition) is 4. The van der Waals surface area contributed by atoms with Gasteiger partial charge in [-0.2, -0.15) is 5.48 Å². The summed E-state index contributed by atoms with van der Waals surface area (Å²) < 4.78 is 6.86. The van der Waals surface area contributed by atoms with E-state index in [1.165, 1.54) is 4.88 Å². The van der Waals surface area contributed by atoms with Crippen LogP contribution in [0.3, 0.4) is 0 Å². The topological polar surface area (TPSA) is 30.5 Å². The van der Waals surface area contributed by atoms with E-state index in [0.29, 0.717) is 12.5 Å². The maximum Gasteiger partial charge on any atom is 0.108 e. The Hall–Kier alpha value is 0.0600. The Balaban J connectivity index is 2.02. The van der Waals surface area contributed by atoms with E-state index < -0.39 is 0 Å². The lowest BCUT2D eigenvalue weighted by Gasteiger charge is -2.24. The second kappa shape index (κ2) is 3.53. The van der Waals surface area contributed by atoms with Crippen molar-refractivity contribution in [2.45, 2.75) is 18.6 Å². The molecule has 0 radical (unpaired) electrons. The lowest BCUT2D eigenvalue weighted by molar-refractivity contribution is 0.00830. The summed E-state index contributed by atoms with van der Waals surface area (Å²) in [6.07, 6.45) is 0.265. The first-order valence-corrected chi connectivity index (χ1v) is 6.65. The highest BCUT2D eigenvalue weighted by Gasteiger charge is 2.54. The Labute approximate surface area is 101 Å². The van der Waals surface area contributed by atoms with Gasteiger partial charge in [0.05, 0.1) is 19.3 Å². The Kier molecular flexibility index (Phi) is 2.41. The fourth-order valence-electron chi connectivity index (χ4n) is 2.38. The van der Waals surface area contributed by atoms with E-state index >= 15 is 0 Å². The molecule has 0 saturated carbocycles. The molecule has 1 N–H and O–H groups in total. The van der Waals surface area contributed by atoms with E-state index in [0.717, 1.165) is 11.1 Å². The monoisotopic (exact) mass is 289 g/mol. The summed E-state index contributed by atoms with van der Waals surface area (Å²) in [5, 5.41) is 2.10. The average Bonchev–Trinajstić information content (AvgIpc) is 2.84. The van der Waals surface area contributed by atoms with Gasteiger partial charge in [-0.05, 0) is 28.9 Å². The summed E-state index contributed by atoms with van der Waals surface area (Å²) in [7, 11) is 0. The summed E-state index contributed by atoms with van der Waals surface area (Å²) in [6.45, 7) is 3.55. The van der Waals surface area contributed by atoms with E-state index in [4.69, 9.17) is 9.57 Å². The molecular weight excluding hydrogens is 278 g/mol. The van der Waals surface area contributed by atoms with Crippen LogP contribution < -0.4 is 5.48 Å². The quantitative estimate of drug-likeness (QED) is 0.860. The number of thiophene rings is 1. The molecule has 3 unspecified atom stereocenters. The Morgan fingerprint density at radius 3 is 3.27 bits per heavy atom. The third kappa shape index (κ3) is 1.41. The molecule has 0 aliphatic carbocycles. The molecule has 2 aliphatic rings.